The monoisotopic (exact) mass is 158 g/mol. The molecular formula is C8H14O3. The SMILES string of the molecule is C[C@@H]1C2OCC(O2)C(O)[C@@H]1C. The summed E-state index contributed by atoms with van der Waals surface area (Å²) in [5, 5.41) is 9.63. The highest BCUT2D eigenvalue weighted by Gasteiger charge is 2.45. The Morgan fingerprint density at radius 3 is 2.73 bits per heavy atom. The zero-order chi connectivity index (χ0) is 8.01. The first-order chi connectivity index (χ1) is 5.20. The summed E-state index contributed by atoms with van der Waals surface area (Å²) in [7, 11) is 0. The lowest BCUT2D eigenvalue weighted by Gasteiger charge is -2.34. The van der Waals surface area contributed by atoms with Gasteiger partial charge in [-0.25, -0.2) is 0 Å². The molecule has 0 spiro atoms. The number of hydrogen-bond donors (Lipinski definition) is 1. The van der Waals surface area contributed by atoms with Crippen LogP contribution < -0.4 is 0 Å². The average molecular weight is 158 g/mol. The summed E-state index contributed by atoms with van der Waals surface area (Å²) in [6.45, 7) is 4.66. The van der Waals surface area contributed by atoms with Crippen LogP contribution in [0.25, 0.3) is 0 Å². The molecule has 2 bridgehead atoms. The molecule has 2 saturated heterocycles. The minimum absolute atomic E-state index is 0.0709. The fourth-order valence-corrected chi connectivity index (χ4v) is 1.79. The van der Waals surface area contributed by atoms with E-state index in [-0.39, 0.29) is 18.5 Å². The minimum atomic E-state index is -0.344. The number of aliphatic hydroxyl groups is 1. The standard InChI is InChI=1S/C8H14O3/c1-4-5(2)8-10-3-6(11-8)7(4)9/h4-9H,3H2,1-2H3/t4-,5+,6?,7?,8?/m1/s1. The van der Waals surface area contributed by atoms with Gasteiger partial charge in [0.2, 0.25) is 0 Å². The molecule has 2 aliphatic heterocycles. The van der Waals surface area contributed by atoms with Gasteiger partial charge in [-0.1, -0.05) is 13.8 Å². The second-order valence-corrected chi connectivity index (χ2v) is 3.59. The van der Waals surface area contributed by atoms with E-state index < -0.39 is 0 Å². The van der Waals surface area contributed by atoms with E-state index >= 15 is 0 Å². The smallest absolute Gasteiger partial charge is 0.161 e. The van der Waals surface area contributed by atoms with Crippen molar-refractivity contribution in [1.82, 2.24) is 0 Å². The van der Waals surface area contributed by atoms with Crippen LogP contribution in [0.5, 0.6) is 0 Å². The first-order valence-corrected chi connectivity index (χ1v) is 4.15. The molecule has 0 aliphatic carbocycles. The largest absolute Gasteiger partial charge is 0.390 e. The van der Waals surface area contributed by atoms with E-state index in [2.05, 4.69) is 6.92 Å². The van der Waals surface area contributed by atoms with Crippen LogP contribution >= 0.6 is 0 Å². The molecule has 0 saturated carbocycles. The third-order valence-corrected chi connectivity index (χ3v) is 2.91. The van der Waals surface area contributed by atoms with Crippen LogP contribution in [-0.4, -0.2) is 30.2 Å². The maximum absolute atomic E-state index is 9.63. The van der Waals surface area contributed by atoms with Gasteiger partial charge in [0.1, 0.15) is 6.10 Å². The van der Waals surface area contributed by atoms with Gasteiger partial charge in [0.25, 0.3) is 0 Å². The Morgan fingerprint density at radius 2 is 2.00 bits per heavy atom. The molecule has 0 amide bonds. The maximum Gasteiger partial charge on any atom is 0.161 e. The molecule has 0 radical (unpaired) electrons. The lowest BCUT2D eigenvalue weighted by Crippen LogP contribution is -2.44. The van der Waals surface area contributed by atoms with Crippen LogP contribution in [0.15, 0.2) is 0 Å². The van der Waals surface area contributed by atoms with Crippen molar-refractivity contribution in [3.05, 3.63) is 0 Å². The van der Waals surface area contributed by atoms with Gasteiger partial charge in [-0.15, -0.1) is 0 Å². The molecule has 2 heterocycles. The highest BCUT2D eigenvalue weighted by atomic mass is 16.7. The lowest BCUT2D eigenvalue weighted by molar-refractivity contribution is -0.173. The van der Waals surface area contributed by atoms with Gasteiger partial charge in [-0.2, -0.15) is 0 Å². The van der Waals surface area contributed by atoms with E-state index in [4.69, 9.17) is 9.47 Å². The summed E-state index contributed by atoms with van der Waals surface area (Å²) in [6.07, 6.45) is -0.492. The Labute approximate surface area is 66.3 Å². The molecule has 0 aromatic rings. The van der Waals surface area contributed by atoms with Crippen molar-refractivity contribution in [3.63, 3.8) is 0 Å². The Bertz CT molecular complexity index is 139. The van der Waals surface area contributed by atoms with Gasteiger partial charge in [0.05, 0.1) is 12.7 Å². The molecule has 2 rings (SSSR count). The number of aliphatic hydroxyl groups excluding tert-OH is 1. The van der Waals surface area contributed by atoms with E-state index in [1.165, 1.54) is 0 Å². The van der Waals surface area contributed by atoms with E-state index in [9.17, 15) is 5.11 Å². The molecule has 1 N–H and O–H groups in total. The van der Waals surface area contributed by atoms with Crippen LogP contribution in [-0.2, 0) is 9.47 Å². The predicted molar refractivity (Wildman–Crippen MR) is 38.9 cm³/mol. The second kappa shape index (κ2) is 2.44. The van der Waals surface area contributed by atoms with E-state index in [1.54, 1.807) is 0 Å². The maximum atomic E-state index is 9.63. The quantitative estimate of drug-likeness (QED) is 0.553. The van der Waals surface area contributed by atoms with Crippen molar-refractivity contribution in [2.45, 2.75) is 32.3 Å². The molecule has 0 aromatic heterocycles. The van der Waals surface area contributed by atoms with Gasteiger partial charge in [0, 0.05) is 5.92 Å². The summed E-state index contributed by atoms with van der Waals surface area (Å²) >= 11 is 0. The van der Waals surface area contributed by atoms with E-state index in [0.717, 1.165) is 0 Å². The average Bonchev–Trinajstić information content (AvgIpc) is 2.44. The lowest BCUT2D eigenvalue weighted by atomic mass is 9.86. The Morgan fingerprint density at radius 1 is 1.27 bits per heavy atom. The van der Waals surface area contributed by atoms with Crippen molar-refractivity contribution in [2.24, 2.45) is 11.8 Å². The van der Waals surface area contributed by atoms with Crippen molar-refractivity contribution < 1.29 is 14.6 Å². The number of hydrogen-bond acceptors (Lipinski definition) is 3. The molecule has 5 atom stereocenters. The second-order valence-electron chi connectivity index (χ2n) is 3.59. The Balaban J connectivity index is 2.16. The number of ether oxygens (including phenoxy) is 2. The summed E-state index contributed by atoms with van der Waals surface area (Å²) in [5.41, 5.74) is 0. The van der Waals surface area contributed by atoms with Crippen molar-refractivity contribution in [3.8, 4) is 0 Å². The molecule has 0 aromatic carbocycles. The molecule has 11 heavy (non-hydrogen) atoms. The zero-order valence-corrected chi connectivity index (χ0v) is 6.86. The normalized spacial score (nSPS) is 56.5. The topological polar surface area (TPSA) is 38.7 Å². The van der Waals surface area contributed by atoms with Gasteiger partial charge in [0.15, 0.2) is 6.29 Å². The van der Waals surface area contributed by atoms with Crippen LogP contribution in [0.1, 0.15) is 13.8 Å². The van der Waals surface area contributed by atoms with Crippen LogP contribution in [0.3, 0.4) is 0 Å². The minimum Gasteiger partial charge on any atom is -0.390 e. The number of rotatable bonds is 0. The molecule has 2 fully saturated rings. The van der Waals surface area contributed by atoms with Gasteiger partial charge < -0.3 is 14.6 Å². The summed E-state index contributed by atoms with van der Waals surface area (Å²) in [4.78, 5) is 0. The predicted octanol–water partition coefficient (Wildman–Crippen LogP) is 0.375. The summed E-state index contributed by atoms with van der Waals surface area (Å²) < 4.78 is 10.8. The third kappa shape index (κ3) is 0.991. The summed E-state index contributed by atoms with van der Waals surface area (Å²) in [5.74, 6) is 0.602. The van der Waals surface area contributed by atoms with E-state index in [0.29, 0.717) is 18.4 Å². The fourth-order valence-electron chi connectivity index (χ4n) is 1.79. The highest BCUT2D eigenvalue weighted by Crippen LogP contribution is 2.35. The first-order valence-electron chi connectivity index (χ1n) is 4.15. The Kier molecular flexibility index (Phi) is 1.67. The van der Waals surface area contributed by atoms with Crippen molar-refractivity contribution in [2.75, 3.05) is 6.61 Å². The van der Waals surface area contributed by atoms with Crippen LogP contribution in [0.4, 0.5) is 0 Å². The molecule has 2 aliphatic rings. The van der Waals surface area contributed by atoms with Crippen LogP contribution in [0, 0.1) is 11.8 Å². The van der Waals surface area contributed by atoms with E-state index in [1.807, 2.05) is 6.92 Å². The van der Waals surface area contributed by atoms with Crippen molar-refractivity contribution >= 4 is 0 Å². The Hall–Kier alpha value is -0.120. The van der Waals surface area contributed by atoms with Gasteiger partial charge in [-0.3, -0.25) is 0 Å². The highest BCUT2D eigenvalue weighted by molar-refractivity contribution is 4.88. The first kappa shape index (κ1) is 7.53. The van der Waals surface area contributed by atoms with Crippen LogP contribution in [0.2, 0.25) is 0 Å². The van der Waals surface area contributed by atoms with Gasteiger partial charge >= 0.3 is 0 Å². The molecule has 3 nitrogen and oxygen atoms in total. The summed E-state index contributed by atoms with van der Waals surface area (Å²) in [6, 6.07) is 0. The molecule has 3 heteroatoms. The molecular weight excluding hydrogens is 144 g/mol. The zero-order valence-electron chi connectivity index (χ0n) is 6.86. The molecule has 3 unspecified atom stereocenters. The van der Waals surface area contributed by atoms with Crippen molar-refractivity contribution in [1.29, 1.82) is 0 Å². The third-order valence-electron chi connectivity index (χ3n) is 2.91. The van der Waals surface area contributed by atoms with Gasteiger partial charge in [-0.05, 0) is 5.92 Å². The number of fused-ring (bicyclic) bond motifs is 2. The molecule has 64 valence electrons. The fraction of sp³-hybridized carbons (Fsp3) is 1.00.